The van der Waals surface area contributed by atoms with Crippen LogP contribution in [0.3, 0.4) is 0 Å². The van der Waals surface area contributed by atoms with Gasteiger partial charge in [0.15, 0.2) is 0 Å². The molecule has 0 unspecified atom stereocenters. The third-order valence-corrected chi connectivity index (χ3v) is 1.24. The predicted molar refractivity (Wildman–Crippen MR) is 30.7 cm³/mol. The molecule has 0 atom stereocenters. The summed E-state index contributed by atoms with van der Waals surface area (Å²) in [6.07, 6.45) is 7.12. The lowest BCUT2D eigenvalue weighted by atomic mass is 9.86. The SMILES string of the molecule is BC1CC=CC1. The van der Waals surface area contributed by atoms with Crippen LogP contribution in [0.25, 0.3) is 0 Å². The molecule has 32 valence electrons. The van der Waals surface area contributed by atoms with Crippen molar-refractivity contribution in [3.63, 3.8) is 0 Å². The Balaban J connectivity index is 2.32. The fraction of sp³-hybridized carbons (Fsp3) is 0.600. The van der Waals surface area contributed by atoms with Crippen molar-refractivity contribution in [1.82, 2.24) is 0 Å². The van der Waals surface area contributed by atoms with E-state index in [9.17, 15) is 0 Å². The quantitative estimate of drug-likeness (QED) is 0.297. The molecule has 0 bridgehead atoms. The first-order valence-electron chi connectivity index (χ1n) is 2.54. The lowest BCUT2D eigenvalue weighted by Gasteiger charge is -1.91. The maximum atomic E-state index is 2.28. The first-order chi connectivity index (χ1) is 2.89. The third-order valence-electron chi connectivity index (χ3n) is 1.24. The van der Waals surface area contributed by atoms with Crippen molar-refractivity contribution < 1.29 is 0 Å². The van der Waals surface area contributed by atoms with Gasteiger partial charge in [0.2, 0.25) is 0 Å². The van der Waals surface area contributed by atoms with E-state index in [-0.39, 0.29) is 0 Å². The second-order valence-corrected chi connectivity index (χ2v) is 2.05. The van der Waals surface area contributed by atoms with E-state index in [0.717, 1.165) is 5.82 Å². The first-order valence-corrected chi connectivity index (χ1v) is 2.54. The van der Waals surface area contributed by atoms with Gasteiger partial charge in [-0.15, -0.1) is 0 Å². The van der Waals surface area contributed by atoms with E-state index in [1.165, 1.54) is 12.8 Å². The van der Waals surface area contributed by atoms with Crippen LogP contribution >= 0.6 is 0 Å². The van der Waals surface area contributed by atoms with Gasteiger partial charge in [-0.3, -0.25) is 0 Å². The Bertz CT molecular complexity index is 58.3. The zero-order valence-corrected chi connectivity index (χ0v) is 4.15. The summed E-state index contributed by atoms with van der Waals surface area (Å²) in [6, 6.07) is 0. The molecule has 0 radical (unpaired) electrons. The molecule has 0 spiro atoms. The Morgan fingerprint density at radius 2 is 1.83 bits per heavy atom. The molecule has 0 aromatic carbocycles. The number of hydrogen-bond donors (Lipinski definition) is 0. The maximum absolute atomic E-state index is 2.28. The molecule has 0 N–H and O–H groups in total. The monoisotopic (exact) mass is 80.1 g/mol. The first kappa shape index (κ1) is 3.98. The highest BCUT2D eigenvalue weighted by Crippen LogP contribution is 2.18. The number of rotatable bonds is 0. The minimum absolute atomic E-state index is 0.935. The van der Waals surface area contributed by atoms with Crippen LogP contribution in [-0.2, 0) is 0 Å². The van der Waals surface area contributed by atoms with Gasteiger partial charge in [-0.05, 0) is 12.8 Å². The second-order valence-electron chi connectivity index (χ2n) is 2.05. The lowest BCUT2D eigenvalue weighted by molar-refractivity contribution is 0.922. The molecule has 6 heavy (non-hydrogen) atoms. The zero-order valence-electron chi connectivity index (χ0n) is 4.15. The Morgan fingerprint density at radius 3 is 2.00 bits per heavy atom. The van der Waals surface area contributed by atoms with E-state index in [0.29, 0.717) is 0 Å². The van der Waals surface area contributed by atoms with Crippen LogP contribution in [0, 0.1) is 0 Å². The Kier molecular flexibility index (Phi) is 0.996. The maximum Gasteiger partial charge on any atom is 0.106 e. The molecular weight excluding hydrogens is 70.9 g/mol. The van der Waals surface area contributed by atoms with E-state index in [2.05, 4.69) is 20.0 Å². The van der Waals surface area contributed by atoms with Crippen molar-refractivity contribution in [2.24, 2.45) is 0 Å². The standard InChI is InChI=1S/C5H9B/c6-5-3-1-2-4-5/h1-2,5H,3-4,6H2. The normalized spacial score (nSPS) is 22.7. The molecule has 0 fully saturated rings. The van der Waals surface area contributed by atoms with Gasteiger partial charge in [0.1, 0.15) is 7.85 Å². The molecule has 0 nitrogen and oxygen atoms in total. The van der Waals surface area contributed by atoms with Crippen LogP contribution in [0.4, 0.5) is 0 Å². The summed E-state index contributed by atoms with van der Waals surface area (Å²) >= 11 is 0. The number of hydrogen-bond acceptors (Lipinski definition) is 0. The van der Waals surface area contributed by atoms with Gasteiger partial charge >= 0.3 is 0 Å². The minimum Gasteiger partial charge on any atom is -0.0890 e. The summed E-state index contributed by atoms with van der Waals surface area (Å²) in [5.41, 5.74) is 0. The van der Waals surface area contributed by atoms with E-state index in [1.54, 1.807) is 0 Å². The van der Waals surface area contributed by atoms with Crippen LogP contribution in [0.2, 0.25) is 5.82 Å². The van der Waals surface area contributed by atoms with Gasteiger partial charge in [0, 0.05) is 0 Å². The van der Waals surface area contributed by atoms with Crippen molar-refractivity contribution in [3.05, 3.63) is 12.2 Å². The fourth-order valence-corrected chi connectivity index (χ4v) is 0.753. The molecule has 0 heterocycles. The Labute approximate surface area is 39.7 Å². The van der Waals surface area contributed by atoms with Crippen molar-refractivity contribution in [2.45, 2.75) is 18.7 Å². The summed E-state index contributed by atoms with van der Waals surface area (Å²) in [7, 11) is 2.28. The van der Waals surface area contributed by atoms with Crippen molar-refractivity contribution in [1.29, 1.82) is 0 Å². The van der Waals surface area contributed by atoms with E-state index >= 15 is 0 Å². The van der Waals surface area contributed by atoms with Crippen LogP contribution < -0.4 is 0 Å². The molecule has 1 aliphatic carbocycles. The second kappa shape index (κ2) is 1.50. The summed E-state index contributed by atoms with van der Waals surface area (Å²) < 4.78 is 0. The van der Waals surface area contributed by atoms with E-state index < -0.39 is 0 Å². The van der Waals surface area contributed by atoms with Crippen LogP contribution in [0.5, 0.6) is 0 Å². The minimum atomic E-state index is 0.935. The van der Waals surface area contributed by atoms with Gasteiger partial charge in [-0.25, -0.2) is 0 Å². The van der Waals surface area contributed by atoms with Gasteiger partial charge in [-0.2, -0.15) is 0 Å². The topological polar surface area (TPSA) is 0 Å². The van der Waals surface area contributed by atoms with Crippen molar-refractivity contribution in [3.8, 4) is 0 Å². The van der Waals surface area contributed by atoms with Gasteiger partial charge < -0.3 is 0 Å². The van der Waals surface area contributed by atoms with Crippen molar-refractivity contribution >= 4 is 7.85 Å². The van der Waals surface area contributed by atoms with Gasteiger partial charge in [0.05, 0.1) is 0 Å². The smallest absolute Gasteiger partial charge is 0.0890 e. The molecule has 0 saturated heterocycles. The number of allylic oxidation sites excluding steroid dienone is 2. The average molecular weight is 79.9 g/mol. The molecule has 0 aromatic rings. The summed E-state index contributed by atoms with van der Waals surface area (Å²) in [5, 5.41) is 0. The predicted octanol–water partition coefficient (Wildman–Crippen LogP) is 0.758. The highest BCUT2D eigenvalue weighted by Gasteiger charge is 2.00. The van der Waals surface area contributed by atoms with Crippen molar-refractivity contribution in [2.75, 3.05) is 0 Å². The molecule has 1 heteroatoms. The van der Waals surface area contributed by atoms with Crippen LogP contribution in [0.15, 0.2) is 12.2 Å². The third kappa shape index (κ3) is 0.646. The molecular formula is C5H9B. The van der Waals surface area contributed by atoms with E-state index in [4.69, 9.17) is 0 Å². The lowest BCUT2D eigenvalue weighted by Crippen LogP contribution is -1.78. The van der Waals surface area contributed by atoms with Gasteiger partial charge in [0.25, 0.3) is 0 Å². The molecule has 0 amide bonds. The molecule has 0 aliphatic heterocycles. The summed E-state index contributed by atoms with van der Waals surface area (Å²) in [6.45, 7) is 0. The zero-order chi connectivity index (χ0) is 4.41. The fourth-order valence-electron chi connectivity index (χ4n) is 0.753. The highest BCUT2D eigenvalue weighted by molar-refractivity contribution is 6.12. The highest BCUT2D eigenvalue weighted by atomic mass is 14.0. The molecule has 0 aromatic heterocycles. The van der Waals surface area contributed by atoms with Crippen LogP contribution in [-0.4, -0.2) is 7.85 Å². The molecule has 1 aliphatic rings. The average Bonchev–Trinajstić information content (AvgIpc) is 1.86. The summed E-state index contributed by atoms with van der Waals surface area (Å²) in [5.74, 6) is 0.935. The van der Waals surface area contributed by atoms with Gasteiger partial charge in [-0.1, -0.05) is 18.0 Å². The largest absolute Gasteiger partial charge is 0.106 e. The Morgan fingerprint density at radius 1 is 1.33 bits per heavy atom. The molecule has 1 rings (SSSR count). The van der Waals surface area contributed by atoms with E-state index in [1.807, 2.05) is 0 Å². The molecule has 0 saturated carbocycles. The Hall–Kier alpha value is -0.195. The van der Waals surface area contributed by atoms with Crippen LogP contribution in [0.1, 0.15) is 12.8 Å². The summed E-state index contributed by atoms with van der Waals surface area (Å²) in [4.78, 5) is 0.